The molecule has 6 heteroatoms. The molecule has 1 aliphatic heterocycles. The summed E-state index contributed by atoms with van der Waals surface area (Å²) < 4.78 is 15.5. The third-order valence-corrected chi connectivity index (χ3v) is 5.33. The molecule has 5 nitrogen and oxygen atoms in total. The number of halogens is 1. The van der Waals surface area contributed by atoms with Crippen molar-refractivity contribution >= 4 is 5.91 Å². The maximum Gasteiger partial charge on any atom is 0.222 e. The Kier molecular flexibility index (Phi) is 5.19. The zero-order valence-electron chi connectivity index (χ0n) is 15.9. The van der Waals surface area contributed by atoms with Crippen LogP contribution in [-0.4, -0.2) is 38.9 Å². The fraction of sp³-hybridized carbons (Fsp3) is 0.318. The highest BCUT2D eigenvalue weighted by Crippen LogP contribution is 2.24. The molecule has 1 amide bonds. The van der Waals surface area contributed by atoms with Gasteiger partial charge in [-0.05, 0) is 37.0 Å². The molecule has 4 rings (SSSR count). The average Bonchev–Trinajstić information content (AvgIpc) is 3.39. The van der Waals surface area contributed by atoms with Gasteiger partial charge in [0.2, 0.25) is 5.91 Å². The zero-order chi connectivity index (χ0) is 19.5. The molecule has 0 radical (unpaired) electrons. The molecule has 28 heavy (non-hydrogen) atoms. The van der Waals surface area contributed by atoms with Gasteiger partial charge in [0.05, 0.1) is 12.2 Å². The van der Waals surface area contributed by atoms with Crippen LogP contribution in [0.3, 0.4) is 0 Å². The van der Waals surface area contributed by atoms with Gasteiger partial charge in [0.1, 0.15) is 11.5 Å². The van der Waals surface area contributed by atoms with Gasteiger partial charge in [-0.15, -0.1) is 5.10 Å². The average molecular weight is 378 g/mol. The molecule has 1 atom stereocenters. The van der Waals surface area contributed by atoms with Crippen LogP contribution in [0.2, 0.25) is 0 Å². The first-order valence-corrected chi connectivity index (χ1v) is 9.60. The predicted octanol–water partition coefficient (Wildman–Crippen LogP) is 3.80. The first-order chi connectivity index (χ1) is 13.6. The molecule has 1 saturated heterocycles. The van der Waals surface area contributed by atoms with Crippen molar-refractivity contribution in [3.05, 3.63) is 71.7 Å². The maximum absolute atomic E-state index is 13.7. The van der Waals surface area contributed by atoms with Crippen LogP contribution < -0.4 is 0 Å². The topological polar surface area (TPSA) is 51.0 Å². The molecule has 0 bridgehead atoms. The van der Waals surface area contributed by atoms with Crippen molar-refractivity contribution < 1.29 is 9.18 Å². The molecule has 0 spiro atoms. The summed E-state index contributed by atoms with van der Waals surface area (Å²) in [6.07, 6.45) is 3.76. The second-order valence-corrected chi connectivity index (χ2v) is 7.32. The van der Waals surface area contributed by atoms with Crippen LogP contribution in [0.25, 0.3) is 11.3 Å². The van der Waals surface area contributed by atoms with E-state index in [9.17, 15) is 9.18 Å². The summed E-state index contributed by atoms with van der Waals surface area (Å²) in [6.45, 7) is 3.09. The molecule has 1 aromatic heterocycles. The van der Waals surface area contributed by atoms with Gasteiger partial charge in [-0.3, -0.25) is 4.79 Å². The van der Waals surface area contributed by atoms with Gasteiger partial charge in [-0.25, -0.2) is 9.07 Å². The zero-order valence-corrected chi connectivity index (χ0v) is 15.9. The summed E-state index contributed by atoms with van der Waals surface area (Å²) in [7, 11) is 0. The minimum atomic E-state index is -0.216. The number of carbonyl (C=O) groups is 1. The molecule has 144 valence electrons. The number of hydrogen-bond acceptors (Lipinski definition) is 3. The van der Waals surface area contributed by atoms with E-state index in [1.54, 1.807) is 13.0 Å². The van der Waals surface area contributed by atoms with E-state index in [0.717, 1.165) is 23.2 Å². The second-order valence-electron chi connectivity index (χ2n) is 7.32. The smallest absolute Gasteiger partial charge is 0.222 e. The highest BCUT2D eigenvalue weighted by atomic mass is 19.1. The lowest BCUT2D eigenvalue weighted by molar-refractivity contribution is -0.130. The second kappa shape index (κ2) is 7.92. The van der Waals surface area contributed by atoms with E-state index in [2.05, 4.69) is 10.3 Å². The summed E-state index contributed by atoms with van der Waals surface area (Å²) in [4.78, 5) is 14.4. The van der Waals surface area contributed by atoms with Gasteiger partial charge in [-0.1, -0.05) is 47.7 Å². The molecule has 0 saturated carbocycles. The number of aromatic nitrogens is 3. The van der Waals surface area contributed by atoms with Gasteiger partial charge in [0.25, 0.3) is 0 Å². The number of hydrogen-bond donors (Lipinski definition) is 0. The lowest BCUT2D eigenvalue weighted by Gasteiger charge is -2.16. The van der Waals surface area contributed by atoms with Gasteiger partial charge < -0.3 is 4.90 Å². The summed E-state index contributed by atoms with van der Waals surface area (Å²) in [5, 5.41) is 8.53. The fourth-order valence-electron chi connectivity index (χ4n) is 3.58. The number of likely N-dealkylation sites (tertiary alicyclic amines) is 1. The molecule has 2 heterocycles. The Hall–Kier alpha value is -3.02. The number of amides is 1. The lowest BCUT2D eigenvalue weighted by Crippen LogP contribution is -2.29. The number of benzene rings is 2. The van der Waals surface area contributed by atoms with Crippen molar-refractivity contribution in [3.8, 4) is 11.3 Å². The molecular formula is C22H23FN4O. The monoisotopic (exact) mass is 378 g/mol. The molecular weight excluding hydrogens is 355 g/mol. The quantitative estimate of drug-likeness (QED) is 0.679. The largest absolute Gasteiger partial charge is 0.340 e. The van der Waals surface area contributed by atoms with E-state index in [-0.39, 0.29) is 17.8 Å². The first-order valence-electron chi connectivity index (χ1n) is 9.60. The first kappa shape index (κ1) is 18.3. The van der Waals surface area contributed by atoms with Gasteiger partial charge in [0.15, 0.2) is 0 Å². The van der Waals surface area contributed by atoms with Crippen LogP contribution in [0.1, 0.15) is 30.0 Å². The molecule has 3 aromatic rings. The summed E-state index contributed by atoms with van der Waals surface area (Å²) >= 11 is 0. The van der Waals surface area contributed by atoms with Crippen LogP contribution in [0.15, 0.2) is 54.7 Å². The number of nitrogens with zero attached hydrogens (tertiary/aromatic N) is 4. The van der Waals surface area contributed by atoms with E-state index >= 15 is 0 Å². The van der Waals surface area contributed by atoms with Crippen LogP contribution in [0.4, 0.5) is 4.39 Å². The van der Waals surface area contributed by atoms with Crippen molar-refractivity contribution in [1.29, 1.82) is 0 Å². The van der Waals surface area contributed by atoms with Crippen molar-refractivity contribution in [3.63, 3.8) is 0 Å². The lowest BCUT2D eigenvalue weighted by atomic mass is 10.1. The third kappa shape index (κ3) is 3.96. The molecule has 2 aromatic carbocycles. The molecule has 0 N–H and O–H groups in total. The number of rotatable bonds is 5. The van der Waals surface area contributed by atoms with Crippen LogP contribution in [-0.2, 0) is 11.2 Å². The number of carbonyl (C=O) groups excluding carboxylic acids is 1. The van der Waals surface area contributed by atoms with Crippen LogP contribution in [0, 0.1) is 12.7 Å². The highest BCUT2D eigenvalue weighted by molar-refractivity contribution is 5.76. The standard InChI is InChI=1S/C22H23FN4O/c1-16-7-8-17(13-20(16)23)9-10-22(28)26-12-11-19(14-26)27-15-21(24-25-27)18-5-3-2-4-6-18/h2-8,13,15,19H,9-12,14H2,1H3. The van der Waals surface area contributed by atoms with E-state index in [4.69, 9.17) is 0 Å². The Morgan fingerprint density at radius 2 is 2.04 bits per heavy atom. The molecule has 1 fully saturated rings. The van der Waals surface area contributed by atoms with E-state index < -0.39 is 0 Å². The van der Waals surface area contributed by atoms with Crippen molar-refractivity contribution in [1.82, 2.24) is 19.9 Å². The summed E-state index contributed by atoms with van der Waals surface area (Å²) in [5.74, 6) is -0.113. The van der Waals surface area contributed by atoms with Crippen LogP contribution in [0.5, 0.6) is 0 Å². The van der Waals surface area contributed by atoms with Crippen molar-refractivity contribution in [2.75, 3.05) is 13.1 Å². The molecule has 0 aliphatic carbocycles. The maximum atomic E-state index is 13.7. The van der Waals surface area contributed by atoms with Crippen LogP contribution >= 0.6 is 0 Å². The summed E-state index contributed by atoms with van der Waals surface area (Å²) in [5.41, 5.74) is 3.35. The van der Waals surface area contributed by atoms with Gasteiger partial charge in [-0.2, -0.15) is 0 Å². The predicted molar refractivity (Wildman–Crippen MR) is 105 cm³/mol. The minimum Gasteiger partial charge on any atom is -0.340 e. The Morgan fingerprint density at radius 3 is 2.82 bits per heavy atom. The van der Waals surface area contributed by atoms with Gasteiger partial charge >= 0.3 is 0 Å². The van der Waals surface area contributed by atoms with E-state index in [0.29, 0.717) is 31.5 Å². The van der Waals surface area contributed by atoms with E-state index in [1.807, 2.05) is 52.2 Å². The highest BCUT2D eigenvalue weighted by Gasteiger charge is 2.28. The Balaban J connectivity index is 1.34. The Bertz CT molecular complexity index is 970. The Morgan fingerprint density at radius 1 is 1.21 bits per heavy atom. The SMILES string of the molecule is Cc1ccc(CCC(=O)N2CCC(n3cc(-c4ccccc4)nn3)C2)cc1F. The fourth-order valence-corrected chi connectivity index (χ4v) is 3.58. The van der Waals surface area contributed by atoms with Gasteiger partial charge in [0, 0.05) is 25.1 Å². The minimum absolute atomic E-state index is 0.104. The normalized spacial score (nSPS) is 16.5. The van der Waals surface area contributed by atoms with Crippen molar-refractivity contribution in [2.24, 2.45) is 0 Å². The molecule has 1 aliphatic rings. The number of aryl methyl sites for hydroxylation is 2. The third-order valence-electron chi connectivity index (χ3n) is 5.33. The Labute approximate surface area is 163 Å². The summed E-state index contributed by atoms with van der Waals surface area (Å²) in [6, 6.07) is 15.3. The van der Waals surface area contributed by atoms with E-state index in [1.165, 1.54) is 6.07 Å². The van der Waals surface area contributed by atoms with Crippen molar-refractivity contribution in [2.45, 2.75) is 32.2 Å². The molecule has 1 unspecified atom stereocenters.